The average molecular weight is 543 g/mol. The van der Waals surface area contributed by atoms with E-state index in [0.29, 0.717) is 35.4 Å². The lowest BCUT2D eigenvalue weighted by Gasteiger charge is -2.35. The van der Waals surface area contributed by atoms with E-state index in [4.69, 9.17) is 16.1 Å². The third-order valence-electron chi connectivity index (χ3n) is 7.09. The minimum absolute atomic E-state index is 0.0437. The molecule has 0 saturated carbocycles. The summed E-state index contributed by atoms with van der Waals surface area (Å²) in [5.74, 6) is 0.548. The molecule has 4 aromatic rings. The number of likely N-dealkylation sites (tertiary alicyclic amines) is 1. The van der Waals surface area contributed by atoms with E-state index in [1.54, 1.807) is 21.9 Å². The van der Waals surface area contributed by atoms with Gasteiger partial charge in [-0.3, -0.25) is 9.59 Å². The molecule has 0 bridgehead atoms. The minimum Gasteiger partial charge on any atom is -0.337 e. The summed E-state index contributed by atoms with van der Waals surface area (Å²) in [6, 6.07) is 24.2. The SMILES string of the molecule is CCc1ccc(C(=O)N(CC(=O)N2CCCCC2c2nc(-c3ccc(Cl)cc3)no2)Cc2ccccc2)cc1. The van der Waals surface area contributed by atoms with E-state index in [0.717, 1.165) is 42.4 Å². The zero-order valence-corrected chi connectivity index (χ0v) is 22.7. The molecule has 1 fully saturated rings. The van der Waals surface area contributed by atoms with Gasteiger partial charge in [-0.2, -0.15) is 4.98 Å². The van der Waals surface area contributed by atoms with Gasteiger partial charge in [0.15, 0.2) is 0 Å². The Hall–Kier alpha value is -3.97. The standard InChI is InChI=1S/C31H31ClN4O3/c1-2-22-11-13-25(14-12-22)31(38)35(20-23-8-4-3-5-9-23)21-28(37)36-19-7-6-10-27(36)30-33-29(34-39-30)24-15-17-26(32)18-16-24/h3-5,8-9,11-18,27H,2,6-7,10,19-21H2,1H3. The van der Waals surface area contributed by atoms with Crippen LogP contribution in [0.1, 0.15) is 59.6 Å². The first-order chi connectivity index (χ1) is 19.0. The van der Waals surface area contributed by atoms with Crippen LogP contribution in [0.3, 0.4) is 0 Å². The Bertz CT molecular complexity index is 1400. The van der Waals surface area contributed by atoms with Gasteiger partial charge in [0.05, 0.1) is 0 Å². The average Bonchev–Trinajstić information content (AvgIpc) is 3.48. The van der Waals surface area contributed by atoms with Crippen molar-refractivity contribution in [1.29, 1.82) is 0 Å². The Balaban J connectivity index is 1.37. The molecule has 1 unspecified atom stereocenters. The number of aromatic nitrogens is 2. The van der Waals surface area contributed by atoms with Crippen LogP contribution < -0.4 is 0 Å². The molecule has 1 aromatic heterocycles. The second-order valence-electron chi connectivity index (χ2n) is 9.76. The predicted octanol–water partition coefficient (Wildman–Crippen LogP) is 6.35. The van der Waals surface area contributed by atoms with Crippen molar-refractivity contribution in [2.24, 2.45) is 0 Å². The molecule has 3 aromatic carbocycles. The molecule has 1 saturated heterocycles. The predicted molar refractivity (Wildman–Crippen MR) is 150 cm³/mol. The molecule has 2 heterocycles. The Labute approximate surface area is 233 Å². The van der Waals surface area contributed by atoms with Gasteiger partial charge in [0.2, 0.25) is 17.6 Å². The van der Waals surface area contributed by atoms with Gasteiger partial charge in [0, 0.05) is 29.2 Å². The fourth-order valence-corrected chi connectivity index (χ4v) is 5.02. The topological polar surface area (TPSA) is 79.5 Å². The van der Waals surface area contributed by atoms with E-state index in [2.05, 4.69) is 17.1 Å². The maximum absolute atomic E-state index is 13.8. The first kappa shape index (κ1) is 26.6. The van der Waals surface area contributed by atoms with E-state index in [9.17, 15) is 9.59 Å². The number of hydrogen-bond donors (Lipinski definition) is 0. The van der Waals surface area contributed by atoms with E-state index >= 15 is 0 Å². The third-order valence-corrected chi connectivity index (χ3v) is 7.34. The summed E-state index contributed by atoms with van der Waals surface area (Å²) < 4.78 is 5.64. The summed E-state index contributed by atoms with van der Waals surface area (Å²) >= 11 is 6.01. The van der Waals surface area contributed by atoms with Crippen molar-refractivity contribution in [3.8, 4) is 11.4 Å². The molecule has 39 heavy (non-hydrogen) atoms. The lowest BCUT2D eigenvalue weighted by atomic mass is 10.0. The van der Waals surface area contributed by atoms with Crippen molar-refractivity contribution in [2.75, 3.05) is 13.1 Å². The molecule has 2 amide bonds. The number of hydrogen-bond acceptors (Lipinski definition) is 5. The lowest BCUT2D eigenvalue weighted by molar-refractivity contribution is -0.136. The fraction of sp³-hybridized carbons (Fsp3) is 0.290. The molecule has 8 heteroatoms. The highest BCUT2D eigenvalue weighted by Gasteiger charge is 2.33. The molecular formula is C31H31ClN4O3. The lowest BCUT2D eigenvalue weighted by Crippen LogP contribution is -2.45. The van der Waals surface area contributed by atoms with Crippen molar-refractivity contribution in [2.45, 2.75) is 45.2 Å². The van der Waals surface area contributed by atoms with Crippen LogP contribution in [0.15, 0.2) is 83.4 Å². The minimum atomic E-state index is -0.336. The van der Waals surface area contributed by atoms with Crippen molar-refractivity contribution in [1.82, 2.24) is 19.9 Å². The van der Waals surface area contributed by atoms with Gasteiger partial charge in [-0.25, -0.2) is 0 Å². The zero-order chi connectivity index (χ0) is 27.2. The Morgan fingerprint density at radius 2 is 1.72 bits per heavy atom. The van der Waals surface area contributed by atoms with Crippen LogP contribution in [0, 0.1) is 0 Å². The van der Waals surface area contributed by atoms with Crippen LogP contribution in [0.2, 0.25) is 5.02 Å². The second-order valence-corrected chi connectivity index (χ2v) is 10.2. The molecule has 0 spiro atoms. The van der Waals surface area contributed by atoms with Gasteiger partial charge in [-0.1, -0.05) is 66.1 Å². The highest BCUT2D eigenvalue weighted by molar-refractivity contribution is 6.30. The summed E-state index contributed by atoms with van der Waals surface area (Å²) in [6.07, 6.45) is 3.45. The summed E-state index contributed by atoms with van der Waals surface area (Å²) in [6.45, 7) is 2.94. The number of rotatable bonds is 8. The fourth-order valence-electron chi connectivity index (χ4n) is 4.90. The first-order valence-corrected chi connectivity index (χ1v) is 13.7. The number of aryl methyl sites for hydroxylation is 1. The number of amides is 2. The zero-order valence-electron chi connectivity index (χ0n) is 21.9. The van der Waals surface area contributed by atoms with Crippen molar-refractivity contribution in [3.63, 3.8) is 0 Å². The molecular weight excluding hydrogens is 512 g/mol. The molecule has 7 nitrogen and oxygen atoms in total. The molecule has 1 aliphatic rings. The van der Waals surface area contributed by atoms with Crippen LogP contribution in [0.5, 0.6) is 0 Å². The molecule has 200 valence electrons. The van der Waals surface area contributed by atoms with Gasteiger partial charge >= 0.3 is 0 Å². The Kier molecular flexibility index (Phi) is 8.37. The Morgan fingerprint density at radius 1 is 0.974 bits per heavy atom. The van der Waals surface area contributed by atoms with Gasteiger partial charge < -0.3 is 14.3 Å². The quantitative estimate of drug-likeness (QED) is 0.259. The maximum Gasteiger partial charge on any atom is 0.254 e. The van der Waals surface area contributed by atoms with Crippen LogP contribution in [-0.4, -0.2) is 44.8 Å². The number of piperidine rings is 1. The molecule has 1 atom stereocenters. The summed E-state index contributed by atoms with van der Waals surface area (Å²) in [4.78, 5) is 35.4. The number of halogens is 1. The number of carbonyl (C=O) groups is 2. The smallest absolute Gasteiger partial charge is 0.254 e. The maximum atomic E-state index is 13.8. The van der Waals surface area contributed by atoms with Gasteiger partial charge in [-0.05, 0) is 73.2 Å². The van der Waals surface area contributed by atoms with Gasteiger partial charge in [-0.15, -0.1) is 0 Å². The highest BCUT2D eigenvalue weighted by Crippen LogP contribution is 2.31. The first-order valence-electron chi connectivity index (χ1n) is 13.3. The van der Waals surface area contributed by atoms with E-state index in [1.165, 1.54) is 0 Å². The number of nitrogens with zero attached hydrogens (tertiary/aromatic N) is 4. The molecule has 0 N–H and O–H groups in total. The van der Waals surface area contributed by atoms with E-state index < -0.39 is 0 Å². The molecule has 0 aliphatic carbocycles. The van der Waals surface area contributed by atoms with Crippen LogP contribution in [0.4, 0.5) is 0 Å². The summed E-state index contributed by atoms with van der Waals surface area (Å²) in [5, 5.41) is 4.78. The van der Waals surface area contributed by atoms with Crippen molar-refractivity contribution in [3.05, 3.63) is 106 Å². The van der Waals surface area contributed by atoms with Crippen LogP contribution in [0.25, 0.3) is 11.4 Å². The van der Waals surface area contributed by atoms with Crippen molar-refractivity contribution >= 4 is 23.4 Å². The van der Waals surface area contributed by atoms with E-state index in [1.807, 2.05) is 66.7 Å². The number of carbonyl (C=O) groups excluding carboxylic acids is 2. The third kappa shape index (κ3) is 6.37. The largest absolute Gasteiger partial charge is 0.337 e. The van der Waals surface area contributed by atoms with Gasteiger partial charge in [0.1, 0.15) is 12.6 Å². The van der Waals surface area contributed by atoms with Crippen LogP contribution in [-0.2, 0) is 17.8 Å². The van der Waals surface area contributed by atoms with Gasteiger partial charge in [0.25, 0.3) is 5.91 Å². The highest BCUT2D eigenvalue weighted by atomic mass is 35.5. The molecule has 5 rings (SSSR count). The second kappa shape index (κ2) is 12.3. The monoisotopic (exact) mass is 542 g/mol. The Morgan fingerprint density at radius 3 is 2.44 bits per heavy atom. The molecule has 1 aliphatic heterocycles. The van der Waals surface area contributed by atoms with Crippen LogP contribution >= 0.6 is 11.6 Å². The number of benzene rings is 3. The van der Waals surface area contributed by atoms with Crippen molar-refractivity contribution < 1.29 is 14.1 Å². The summed E-state index contributed by atoms with van der Waals surface area (Å²) in [5.41, 5.74) is 3.47. The summed E-state index contributed by atoms with van der Waals surface area (Å²) in [7, 11) is 0. The van der Waals surface area contributed by atoms with E-state index in [-0.39, 0.29) is 24.4 Å². The molecule has 0 radical (unpaired) electrons. The normalized spacial score (nSPS) is 15.2.